The Morgan fingerprint density at radius 3 is 2.27 bits per heavy atom. The molecule has 1 saturated heterocycles. The van der Waals surface area contributed by atoms with E-state index in [0.29, 0.717) is 16.9 Å². The van der Waals surface area contributed by atoms with Crippen LogP contribution in [0, 0.1) is 19.7 Å². The monoisotopic (exact) mass is 556 g/mol. The average molecular weight is 557 g/mol. The summed E-state index contributed by atoms with van der Waals surface area (Å²) in [4.78, 5) is 52.3. The van der Waals surface area contributed by atoms with E-state index in [1.807, 2.05) is 56.3 Å². The molecule has 0 bridgehead atoms. The second-order valence-corrected chi connectivity index (χ2v) is 10.4. The molecule has 1 fully saturated rings. The molecule has 40 heavy (non-hydrogen) atoms. The molecule has 0 unspecified atom stereocenters. The highest BCUT2D eigenvalue weighted by Crippen LogP contribution is 2.34. The third-order valence-corrected chi connectivity index (χ3v) is 7.38. The second kappa shape index (κ2) is 11.2. The van der Waals surface area contributed by atoms with Crippen molar-refractivity contribution in [2.45, 2.75) is 20.4 Å². The molecule has 10 heteroatoms. The van der Waals surface area contributed by atoms with Crippen molar-refractivity contribution in [2.75, 3.05) is 17.2 Å². The first-order valence-corrected chi connectivity index (χ1v) is 13.3. The summed E-state index contributed by atoms with van der Waals surface area (Å²) >= 11 is 0.765. The molecule has 0 atom stereocenters. The standard InChI is InChI=1S/C30H25FN4O4S/c1-18-6-5-7-19(2)28(18)33-27(37)17-35-29(38)25(40-30(35)39)14-20-15-34(24-9-4-3-8-23(20)24)16-26(36)32-22-12-10-21(31)11-13-22/h3-15H,16-17H2,1-2H3,(H,32,36)(H,33,37)/b25-14-. The van der Waals surface area contributed by atoms with Gasteiger partial charge in [-0.3, -0.25) is 24.1 Å². The van der Waals surface area contributed by atoms with Gasteiger partial charge in [-0.25, -0.2) is 4.39 Å². The lowest BCUT2D eigenvalue weighted by molar-refractivity contribution is -0.127. The highest BCUT2D eigenvalue weighted by Gasteiger charge is 2.36. The highest BCUT2D eigenvalue weighted by atomic mass is 32.2. The fourth-order valence-electron chi connectivity index (χ4n) is 4.52. The number of nitrogens with zero attached hydrogens (tertiary/aromatic N) is 2. The van der Waals surface area contributed by atoms with Crippen molar-refractivity contribution in [3.8, 4) is 0 Å². The third-order valence-electron chi connectivity index (χ3n) is 6.47. The van der Waals surface area contributed by atoms with E-state index in [1.54, 1.807) is 16.8 Å². The molecule has 2 heterocycles. The molecule has 0 aliphatic carbocycles. The van der Waals surface area contributed by atoms with Gasteiger partial charge in [-0.05, 0) is 73.1 Å². The highest BCUT2D eigenvalue weighted by molar-refractivity contribution is 8.18. The molecular weight excluding hydrogens is 531 g/mol. The van der Waals surface area contributed by atoms with Gasteiger partial charge in [-0.2, -0.15) is 0 Å². The van der Waals surface area contributed by atoms with Crippen LogP contribution in [0.5, 0.6) is 0 Å². The SMILES string of the molecule is Cc1cccc(C)c1NC(=O)CN1C(=O)S/C(=C\c2cn(CC(=O)Nc3ccc(F)cc3)c3ccccc23)C1=O. The van der Waals surface area contributed by atoms with Crippen LogP contribution < -0.4 is 10.6 Å². The van der Waals surface area contributed by atoms with Crippen LogP contribution in [0.25, 0.3) is 17.0 Å². The van der Waals surface area contributed by atoms with Crippen molar-refractivity contribution in [2.24, 2.45) is 0 Å². The number of nitrogens with one attached hydrogen (secondary N) is 2. The zero-order valence-corrected chi connectivity index (χ0v) is 22.5. The van der Waals surface area contributed by atoms with E-state index >= 15 is 0 Å². The minimum atomic E-state index is -0.558. The van der Waals surface area contributed by atoms with Crippen molar-refractivity contribution in [1.29, 1.82) is 0 Å². The number of thioether (sulfide) groups is 1. The van der Waals surface area contributed by atoms with Crippen molar-refractivity contribution in [1.82, 2.24) is 9.47 Å². The quantitative estimate of drug-likeness (QED) is 0.284. The van der Waals surface area contributed by atoms with Crippen LogP contribution in [0.4, 0.5) is 20.6 Å². The summed E-state index contributed by atoms with van der Waals surface area (Å²) in [5.74, 6) is -1.73. The van der Waals surface area contributed by atoms with Crippen LogP contribution in [0.1, 0.15) is 16.7 Å². The van der Waals surface area contributed by atoms with Gasteiger partial charge in [0.2, 0.25) is 11.8 Å². The molecule has 4 aromatic rings. The molecule has 2 N–H and O–H groups in total. The van der Waals surface area contributed by atoms with Crippen LogP contribution in [0.3, 0.4) is 0 Å². The van der Waals surface area contributed by atoms with E-state index in [-0.39, 0.29) is 17.4 Å². The summed E-state index contributed by atoms with van der Waals surface area (Å²) < 4.78 is 14.9. The fourth-order valence-corrected chi connectivity index (χ4v) is 5.35. The lowest BCUT2D eigenvalue weighted by Crippen LogP contribution is -2.36. The molecular formula is C30H25FN4O4S. The van der Waals surface area contributed by atoms with E-state index in [0.717, 1.165) is 38.7 Å². The van der Waals surface area contributed by atoms with Crippen molar-refractivity contribution in [3.63, 3.8) is 0 Å². The smallest absolute Gasteiger partial charge is 0.294 e. The molecule has 4 amide bonds. The maximum Gasteiger partial charge on any atom is 0.294 e. The van der Waals surface area contributed by atoms with Gasteiger partial charge in [0.25, 0.3) is 11.1 Å². The molecule has 0 saturated carbocycles. The number of rotatable bonds is 7. The number of fused-ring (bicyclic) bond motifs is 1. The number of hydrogen-bond donors (Lipinski definition) is 2. The number of aryl methyl sites for hydroxylation is 2. The van der Waals surface area contributed by atoms with E-state index in [1.165, 1.54) is 24.3 Å². The van der Waals surface area contributed by atoms with E-state index in [4.69, 9.17) is 0 Å². The summed E-state index contributed by atoms with van der Waals surface area (Å²) in [5.41, 5.74) is 4.30. The molecule has 1 aliphatic rings. The molecule has 1 aromatic heterocycles. The molecule has 0 spiro atoms. The second-order valence-electron chi connectivity index (χ2n) is 9.37. The van der Waals surface area contributed by atoms with Gasteiger partial charge in [0.1, 0.15) is 18.9 Å². The molecule has 0 radical (unpaired) electrons. The number of amides is 4. The van der Waals surface area contributed by atoms with Crippen molar-refractivity contribution >= 4 is 63.1 Å². The topological polar surface area (TPSA) is 101 Å². The van der Waals surface area contributed by atoms with Gasteiger partial charge in [-0.1, -0.05) is 36.4 Å². The summed E-state index contributed by atoms with van der Waals surface area (Å²) in [5, 5.41) is 5.80. The Morgan fingerprint density at radius 2 is 1.55 bits per heavy atom. The van der Waals surface area contributed by atoms with Crippen molar-refractivity contribution < 1.29 is 23.6 Å². The van der Waals surface area contributed by atoms with Gasteiger partial charge < -0.3 is 15.2 Å². The van der Waals surface area contributed by atoms with E-state index in [9.17, 15) is 23.6 Å². The van der Waals surface area contributed by atoms with Crippen molar-refractivity contribution in [3.05, 3.63) is 100 Å². The average Bonchev–Trinajstić information content (AvgIpc) is 3.39. The van der Waals surface area contributed by atoms with Gasteiger partial charge in [0.05, 0.1) is 4.91 Å². The predicted molar refractivity (Wildman–Crippen MR) is 154 cm³/mol. The van der Waals surface area contributed by atoms with Crippen LogP contribution in [-0.4, -0.2) is 39.0 Å². The van der Waals surface area contributed by atoms with Crippen LogP contribution in [0.15, 0.2) is 77.8 Å². The van der Waals surface area contributed by atoms with Crippen LogP contribution >= 0.6 is 11.8 Å². The third kappa shape index (κ3) is 5.67. The molecule has 5 rings (SSSR count). The maximum absolute atomic E-state index is 13.2. The Bertz CT molecular complexity index is 1670. The first-order chi connectivity index (χ1) is 19.2. The first kappa shape index (κ1) is 26.9. The number of halogens is 1. The Hall–Kier alpha value is -4.70. The summed E-state index contributed by atoms with van der Waals surface area (Å²) in [6.07, 6.45) is 3.33. The Balaban J connectivity index is 1.33. The number of para-hydroxylation sites is 2. The largest absolute Gasteiger partial charge is 0.337 e. The minimum Gasteiger partial charge on any atom is -0.337 e. The Morgan fingerprint density at radius 1 is 0.875 bits per heavy atom. The van der Waals surface area contributed by atoms with E-state index in [2.05, 4.69) is 10.6 Å². The van der Waals surface area contributed by atoms with Gasteiger partial charge in [0.15, 0.2) is 0 Å². The first-order valence-electron chi connectivity index (χ1n) is 12.4. The predicted octanol–water partition coefficient (Wildman–Crippen LogP) is 5.71. The lowest BCUT2D eigenvalue weighted by atomic mass is 10.1. The summed E-state index contributed by atoms with van der Waals surface area (Å²) in [6, 6.07) is 18.5. The molecule has 1 aliphatic heterocycles. The normalized spacial score (nSPS) is 14.3. The number of aromatic nitrogens is 1. The molecule has 8 nitrogen and oxygen atoms in total. The number of hydrogen-bond acceptors (Lipinski definition) is 5. The van der Waals surface area contributed by atoms with Gasteiger partial charge in [0, 0.05) is 34.0 Å². The lowest BCUT2D eigenvalue weighted by Gasteiger charge is -2.15. The maximum atomic E-state index is 13.2. The Kier molecular flexibility index (Phi) is 7.52. The van der Waals surface area contributed by atoms with E-state index < -0.39 is 29.4 Å². The zero-order valence-electron chi connectivity index (χ0n) is 21.7. The number of imide groups is 1. The number of anilines is 2. The minimum absolute atomic E-state index is 0.0221. The number of carbonyl (C=O) groups excluding carboxylic acids is 4. The van der Waals surface area contributed by atoms with Crippen LogP contribution in [0.2, 0.25) is 0 Å². The van der Waals surface area contributed by atoms with Gasteiger partial charge >= 0.3 is 0 Å². The Labute approximate surface area is 233 Å². The number of benzene rings is 3. The summed E-state index contributed by atoms with van der Waals surface area (Å²) in [7, 11) is 0. The van der Waals surface area contributed by atoms with Gasteiger partial charge in [-0.15, -0.1) is 0 Å². The van der Waals surface area contributed by atoms with Crippen LogP contribution in [-0.2, 0) is 20.9 Å². The molecule has 3 aromatic carbocycles. The zero-order chi connectivity index (χ0) is 28.4. The molecule has 202 valence electrons. The fraction of sp³-hybridized carbons (Fsp3) is 0.133. The summed E-state index contributed by atoms with van der Waals surface area (Å²) in [6.45, 7) is 3.31. The number of carbonyl (C=O) groups is 4.